The molecule has 0 unspecified atom stereocenters. The number of pyridine rings is 2. The van der Waals surface area contributed by atoms with Gasteiger partial charge in [-0.2, -0.15) is 8.97 Å². The minimum absolute atomic E-state index is 0.839. The SMILES string of the molecule is c1ccc(-n2c3ccncc3[n+]3cc4n(c23)Cc2cccnc2-4)cc1. The Bertz CT molecular complexity index is 1260. The van der Waals surface area contributed by atoms with Crippen molar-refractivity contribution in [3.05, 3.63) is 78.9 Å². The zero-order chi connectivity index (χ0) is 16.4. The molecule has 0 saturated heterocycles. The molecule has 0 aliphatic carbocycles. The molecule has 5 heterocycles. The van der Waals surface area contributed by atoms with Crippen LogP contribution in [0.2, 0.25) is 0 Å². The summed E-state index contributed by atoms with van der Waals surface area (Å²) in [6.07, 6.45) is 7.82. The molecule has 0 bridgehead atoms. The van der Waals surface area contributed by atoms with Crippen molar-refractivity contribution < 1.29 is 4.40 Å². The molecule has 0 spiro atoms. The molecular formula is C20H14N5+. The third kappa shape index (κ3) is 1.59. The van der Waals surface area contributed by atoms with Crippen LogP contribution in [0.25, 0.3) is 33.9 Å². The standard InChI is InChI=1S/C20H14N5/c1-2-6-15(7-3-1)25-16-8-10-21-11-17(16)24-13-18-19-14(5-4-9-22-19)12-23(18)20(24)25/h1-11,13H,12H2/q+1. The molecule has 0 amide bonds. The van der Waals surface area contributed by atoms with Crippen molar-refractivity contribution >= 4 is 16.8 Å². The lowest BCUT2D eigenvalue weighted by atomic mass is 10.2. The molecule has 1 aliphatic rings. The molecule has 118 valence electrons. The Morgan fingerprint density at radius 1 is 0.960 bits per heavy atom. The lowest BCUT2D eigenvalue weighted by Gasteiger charge is -2.01. The van der Waals surface area contributed by atoms with E-state index >= 15 is 0 Å². The summed E-state index contributed by atoms with van der Waals surface area (Å²) >= 11 is 0. The van der Waals surface area contributed by atoms with Gasteiger partial charge in [0.1, 0.15) is 23.1 Å². The molecular weight excluding hydrogens is 310 g/mol. The molecule has 0 saturated carbocycles. The van der Waals surface area contributed by atoms with Gasteiger partial charge in [0.15, 0.2) is 11.2 Å². The van der Waals surface area contributed by atoms with E-state index in [0.717, 1.165) is 40.4 Å². The van der Waals surface area contributed by atoms with Gasteiger partial charge in [-0.25, -0.2) is 4.57 Å². The van der Waals surface area contributed by atoms with E-state index in [1.54, 1.807) is 0 Å². The smallest absolute Gasteiger partial charge is 0.261 e. The van der Waals surface area contributed by atoms with Crippen molar-refractivity contribution in [1.82, 2.24) is 19.1 Å². The molecule has 4 aromatic heterocycles. The van der Waals surface area contributed by atoms with Crippen molar-refractivity contribution in [3.63, 3.8) is 0 Å². The lowest BCUT2D eigenvalue weighted by molar-refractivity contribution is -0.480. The van der Waals surface area contributed by atoms with Crippen LogP contribution in [0.5, 0.6) is 0 Å². The lowest BCUT2D eigenvalue weighted by Crippen LogP contribution is -2.19. The number of hydrogen-bond donors (Lipinski definition) is 0. The fraction of sp³-hybridized carbons (Fsp3) is 0.0500. The highest BCUT2D eigenvalue weighted by molar-refractivity contribution is 5.78. The minimum Gasteiger partial charge on any atom is -0.261 e. The number of rotatable bonds is 1. The molecule has 0 atom stereocenters. The number of fused-ring (bicyclic) bond motifs is 7. The van der Waals surface area contributed by atoms with Crippen molar-refractivity contribution in [1.29, 1.82) is 0 Å². The zero-order valence-electron chi connectivity index (χ0n) is 13.4. The molecule has 0 N–H and O–H groups in total. The van der Waals surface area contributed by atoms with E-state index in [1.807, 2.05) is 30.7 Å². The van der Waals surface area contributed by atoms with Crippen LogP contribution < -0.4 is 4.40 Å². The third-order valence-corrected chi connectivity index (χ3v) is 4.95. The van der Waals surface area contributed by atoms with E-state index in [0.29, 0.717) is 0 Å². The van der Waals surface area contributed by atoms with E-state index in [2.05, 4.69) is 66.1 Å². The summed E-state index contributed by atoms with van der Waals surface area (Å²) in [6.45, 7) is 0.839. The maximum atomic E-state index is 4.60. The quantitative estimate of drug-likeness (QED) is 0.436. The first kappa shape index (κ1) is 12.9. The highest BCUT2D eigenvalue weighted by atomic mass is 15.3. The molecule has 1 aliphatic heterocycles. The summed E-state index contributed by atoms with van der Waals surface area (Å²) in [6, 6.07) is 16.7. The summed E-state index contributed by atoms with van der Waals surface area (Å²) in [5.74, 6) is 1.13. The Balaban J connectivity index is 1.79. The third-order valence-electron chi connectivity index (χ3n) is 4.95. The van der Waals surface area contributed by atoms with Gasteiger partial charge in [0.2, 0.25) is 0 Å². The summed E-state index contributed by atoms with van der Waals surface area (Å²) in [5.41, 5.74) is 6.88. The molecule has 5 nitrogen and oxygen atoms in total. The van der Waals surface area contributed by atoms with E-state index in [-0.39, 0.29) is 0 Å². The van der Waals surface area contributed by atoms with Crippen LogP contribution in [-0.4, -0.2) is 19.1 Å². The van der Waals surface area contributed by atoms with Crippen molar-refractivity contribution in [2.24, 2.45) is 0 Å². The summed E-state index contributed by atoms with van der Waals surface area (Å²) < 4.78 is 6.86. The highest BCUT2D eigenvalue weighted by Gasteiger charge is 2.33. The summed E-state index contributed by atoms with van der Waals surface area (Å²) in [7, 11) is 0. The molecule has 1 aromatic carbocycles. The number of hydrogen-bond acceptors (Lipinski definition) is 2. The summed E-state index contributed by atoms with van der Waals surface area (Å²) in [4.78, 5) is 8.94. The van der Waals surface area contributed by atoms with Gasteiger partial charge in [0, 0.05) is 18.0 Å². The van der Waals surface area contributed by atoms with Gasteiger partial charge in [0.25, 0.3) is 0 Å². The molecule has 6 rings (SSSR count). The van der Waals surface area contributed by atoms with Gasteiger partial charge >= 0.3 is 5.78 Å². The van der Waals surface area contributed by atoms with Crippen LogP contribution in [-0.2, 0) is 6.54 Å². The fourth-order valence-electron chi connectivity index (χ4n) is 3.90. The van der Waals surface area contributed by atoms with Crippen LogP contribution >= 0.6 is 0 Å². The number of para-hydroxylation sites is 1. The Morgan fingerprint density at radius 3 is 2.80 bits per heavy atom. The number of benzene rings is 1. The predicted octanol–water partition coefficient (Wildman–Crippen LogP) is 2.99. The Labute approximate surface area is 143 Å². The highest BCUT2D eigenvalue weighted by Crippen LogP contribution is 2.33. The van der Waals surface area contributed by atoms with Crippen LogP contribution in [0.3, 0.4) is 0 Å². The van der Waals surface area contributed by atoms with E-state index in [1.165, 1.54) is 5.56 Å². The minimum atomic E-state index is 0.839. The van der Waals surface area contributed by atoms with Gasteiger partial charge in [0.05, 0.1) is 12.7 Å². The normalized spacial score (nSPS) is 12.6. The van der Waals surface area contributed by atoms with Gasteiger partial charge in [-0.15, -0.1) is 0 Å². The summed E-state index contributed by atoms with van der Waals surface area (Å²) in [5, 5.41) is 0. The van der Waals surface area contributed by atoms with Crippen molar-refractivity contribution in [3.8, 4) is 17.1 Å². The first-order valence-electron chi connectivity index (χ1n) is 8.31. The Morgan fingerprint density at radius 2 is 1.88 bits per heavy atom. The Hall–Kier alpha value is -3.47. The number of imidazole rings is 2. The molecule has 0 radical (unpaired) electrons. The van der Waals surface area contributed by atoms with Crippen LogP contribution in [0.15, 0.2) is 73.3 Å². The topological polar surface area (TPSA) is 39.7 Å². The van der Waals surface area contributed by atoms with Crippen molar-refractivity contribution in [2.45, 2.75) is 6.54 Å². The maximum absolute atomic E-state index is 4.60. The molecule has 0 fully saturated rings. The predicted molar refractivity (Wildman–Crippen MR) is 94.6 cm³/mol. The van der Waals surface area contributed by atoms with Crippen molar-refractivity contribution in [2.75, 3.05) is 0 Å². The second-order valence-electron chi connectivity index (χ2n) is 6.32. The van der Waals surface area contributed by atoms with Gasteiger partial charge in [-0.3, -0.25) is 9.97 Å². The second-order valence-corrected chi connectivity index (χ2v) is 6.32. The molecule has 25 heavy (non-hydrogen) atoms. The van der Waals surface area contributed by atoms with Crippen LogP contribution in [0, 0.1) is 0 Å². The van der Waals surface area contributed by atoms with E-state index in [9.17, 15) is 0 Å². The second kappa shape index (κ2) is 4.54. The largest absolute Gasteiger partial charge is 0.376 e. The van der Waals surface area contributed by atoms with E-state index in [4.69, 9.17) is 0 Å². The average Bonchev–Trinajstić information content (AvgIpc) is 3.30. The van der Waals surface area contributed by atoms with E-state index < -0.39 is 0 Å². The van der Waals surface area contributed by atoms with Crippen LogP contribution in [0.4, 0.5) is 0 Å². The Kier molecular flexibility index (Phi) is 2.34. The maximum Gasteiger partial charge on any atom is 0.376 e. The fourth-order valence-corrected chi connectivity index (χ4v) is 3.90. The van der Waals surface area contributed by atoms with Crippen LogP contribution in [0.1, 0.15) is 5.56 Å². The number of aromatic nitrogens is 5. The van der Waals surface area contributed by atoms with Gasteiger partial charge in [-0.05, 0) is 24.3 Å². The zero-order valence-corrected chi connectivity index (χ0v) is 13.4. The van der Waals surface area contributed by atoms with Gasteiger partial charge in [-0.1, -0.05) is 24.3 Å². The number of nitrogens with zero attached hydrogens (tertiary/aromatic N) is 5. The average molecular weight is 324 g/mol. The molecule has 5 heteroatoms. The monoisotopic (exact) mass is 324 g/mol. The molecule has 5 aromatic rings. The first-order chi connectivity index (χ1) is 12.4. The van der Waals surface area contributed by atoms with Gasteiger partial charge < -0.3 is 0 Å². The first-order valence-corrected chi connectivity index (χ1v) is 8.31.